The van der Waals surface area contributed by atoms with Crippen LogP contribution in [0, 0.1) is 0 Å². The van der Waals surface area contributed by atoms with E-state index in [2.05, 4.69) is 31.1 Å². The Kier molecular flexibility index (Phi) is 5.98. The van der Waals surface area contributed by atoms with Crippen LogP contribution in [-0.2, 0) is 12.0 Å². The van der Waals surface area contributed by atoms with Crippen molar-refractivity contribution in [1.29, 1.82) is 0 Å². The largest absolute Gasteiger partial charge is 0.494 e. The van der Waals surface area contributed by atoms with Crippen LogP contribution < -0.4 is 15.6 Å². The summed E-state index contributed by atoms with van der Waals surface area (Å²) in [5, 5.41) is 9.76. The summed E-state index contributed by atoms with van der Waals surface area (Å²) in [5.74, 6) is 0.821. The van der Waals surface area contributed by atoms with Gasteiger partial charge in [-0.05, 0) is 61.5 Å². The number of ether oxygens (including phenoxy) is 1. The molecule has 0 unspecified atom stereocenters. The van der Waals surface area contributed by atoms with Gasteiger partial charge in [-0.2, -0.15) is 5.10 Å². The van der Waals surface area contributed by atoms with E-state index in [0.717, 1.165) is 28.2 Å². The van der Waals surface area contributed by atoms with Crippen LogP contribution in [0.25, 0.3) is 16.7 Å². The molecule has 0 atom stereocenters. The third-order valence-corrected chi connectivity index (χ3v) is 5.45. The summed E-state index contributed by atoms with van der Waals surface area (Å²) in [5.41, 5.74) is 3.65. The fourth-order valence-electron chi connectivity index (χ4n) is 3.60. The van der Waals surface area contributed by atoms with E-state index in [-0.39, 0.29) is 11.0 Å². The molecule has 2 N–H and O–H groups in total. The molecular weight excluding hydrogens is 424 g/mol. The average molecular weight is 451 g/mol. The van der Waals surface area contributed by atoms with E-state index in [9.17, 15) is 4.79 Å². The Bertz CT molecular complexity index is 1280. The van der Waals surface area contributed by atoms with Gasteiger partial charge >= 0.3 is 0 Å². The number of aromatic nitrogens is 3. The molecule has 0 radical (unpaired) electrons. The Balaban J connectivity index is 1.71. The van der Waals surface area contributed by atoms with Crippen LogP contribution in [0.2, 0.25) is 5.02 Å². The maximum Gasteiger partial charge on any atom is 0.254 e. The van der Waals surface area contributed by atoms with E-state index in [0.29, 0.717) is 29.4 Å². The Labute approximate surface area is 192 Å². The van der Waals surface area contributed by atoms with Gasteiger partial charge < -0.3 is 15.0 Å². The van der Waals surface area contributed by atoms with Gasteiger partial charge in [0.1, 0.15) is 11.4 Å². The van der Waals surface area contributed by atoms with Crippen LogP contribution in [-0.4, -0.2) is 21.4 Å². The topological polar surface area (TPSA) is 71.9 Å². The Morgan fingerprint density at radius 3 is 2.41 bits per heavy atom. The lowest BCUT2D eigenvalue weighted by Gasteiger charge is -2.15. The quantitative estimate of drug-likeness (QED) is 0.396. The zero-order valence-electron chi connectivity index (χ0n) is 18.7. The lowest BCUT2D eigenvalue weighted by Crippen LogP contribution is -2.17. The minimum atomic E-state index is -0.200. The maximum atomic E-state index is 12.9. The Morgan fingerprint density at radius 2 is 1.78 bits per heavy atom. The zero-order chi connectivity index (χ0) is 22.9. The van der Waals surface area contributed by atoms with Gasteiger partial charge in [0.15, 0.2) is 0 Å². The summed E-state index contributed by atoms with van der Waals surface area (Å²) in [4.78, 5) is 16.0. The van der Waals surface area contributed by atoms with Crippen molar-refractivity contribution in [1.82, 2.24) is 14.8 Å². The number of rotatable bonds is 6. The summed E-state index contributed by atoms with van der Waals surface area (Å²) < 4.78 is 7.26. The normalized spacial score (nSPS) is 11.7. The minimum Gasteiger partial charge on any atom is -0.494 e. The highest BCUT2D eigenvalue weighted by Gasteiger charge is 2.24. The van der Waals surface area contributed by atoms with Crippen LogP contribution >= 0.6 is 11.6 Å². The van der Waals surface area contributed by atoms with Gasteiger partial charge in [0.05, 0.1) is 18.0 Å². The number of nitrogens with one attached hydrogen (secondary N) is 2. The van der Waals surface area contributed by atoms with Crippen molar-refractivity contribution in [2.75, 3.05) is 11.9 Å². The van der Waals surface area contributed by atoms with Crippen molar-refractivity contribution in [3.05, 3.63) is 81.2 Å². The molecule has 0 bridgehead atoms. The first-order valence-corrected chi connectivity index (χ1v) is 11.0. The fraction of sp³-hybridized carbons (Fsp3) is 0.280. The van der Waals surface area contributed by atoms with Gasteiger partial charge in [-0.25, -0.2) is 4.68 Å². The van der Waals surface area contributed by atoms with E-state index in [1.165, 1.54) is 0 Å². The van der Waals surface area contributed by atoms with Crippen molar-refractivity contribution in [2.45, 2.75) is 39.7 Å². The van der Waals surface area contributed by atoms with E-state index in [4.69, 9.17) is 21.4 Å². The number of fused-ring (bicyclic) bond motifs is 1. The molecule has 0 aliphatic carbocycles. The summed E-state index contributed by atoms with van der Waals surface area (Å²) in [6, 6.07) is 17.0. The number of nitrogens with zero attached hydrogens (tertiary/aromatic N) is 2. The van der Waals surface area contributed by atoms with Gasteiger partial charge in [0, 0.05) is 33.6 Å². The number of halogens is 1. The summed E-state index contributed by atoms with van der Waals surface area (Å²) in [6.07, 6.45) is 0. The molecular formula is C25H27ClN4O2. The lowest BCUT2D eigenvalue weighted by molar-refractivity contribution is 0.340. The van der Waals surface area contributed by atoms with E-state index in [1.807, 2.05) is 61.5 Å². The monoisotopic (exact) mass is 450 g/mol. The van der Waals surface area contributed by atoms with E-state index >= 15 is 0 Å². The second-order valence-corrected chi connectivity index (χ2v) is 9.12. The Morgan fingerprint density at radius 1 is 1.09 bits per heavy atom. The fourth-order valence-corrected chi connectivity index (χ4v) is 3.73. The summed E-state index contributed by atoms with van der Waals surface area (Å²) >= 11 is 6.05. The van der Waals surface area contributed by atoms with Gasteiger partial charge in [-0.3, -0.25) is 4.79 Å². The highest BCUT2D eigenvalue weighted by Crippen LogP contribution is 2.30. The molecule has 2 aromatic carbocycles. The molecule has 0 saturated heterocycles. The smallest absolute Gasteiger partial charge is 0.254 e. The molecule has 0 aliphatic heterocycles. The number of H-pyrrole nitrogens is 1. The minimum absolute atomic E-state index is 0.147. The summed E-state index contributed by atoms with van der Waals surface area (Å²) in [6.45, 7) is 9.32. The van der Waals surface area contributed by atoms with Gasteiger partial charge in [0.2, 0.25) is 0 Å². The number of aromatic amines is 1. The van der Waals surface area contributed by atoms with Crippen molar-refractivity contribution in [3.63, 3.8) is 0 Å². The van der Waals surface area contributed by atoms with Crippen molar-refractivity contribution in [3.8, 4) is 11.4 Å². The molecule has 0 fully saturated rings. The molecule has 32 heavy (non-hydrogen) atoms. The van der Waals surface area contributed by atoms with Crippen molar-refractivity contribution in [2.24, 2.45) is 0 Å². The average Bonchev–Trinajstić information content (AvgIpc) is 3.12. The molecule has 0 aliphatic rings. The molecule has 0 amide bonds. The second-order valence-electron chi connectivity index (χ2n) is 8.68. The van der Waals surface area contributed by atoms with Crippen LogP contribution in [0.3, 0.4) is 0 Å². The first-order chi connectivity index (χ1) is 15.3. The second kappa shape index (κ2) is 8.71. The lowest BCUT2D eigenvalue weighted by atomic mass is 9.90. The van der Waals surface area contributed by atoms with E-state index < -0.39 is 0 Å². The molecule has 4 aromatic rings. The third-order valence-electron chi connectivity index (χ3n) is 5.19. The first kappa shape index (κ1) is 22.0. The number of benzene rings is 2. The van der Waals surface area contributed by atoms with Gasteiger partial charge in [-0.15, -0.1) is 0 Å². The highest BCUT2D eigenvalue weighted by atomic mass is 35.5. The number of pyridine rings is 1. The molecule has 6 nitrogen and oxygen atoms in total. The number of anilines is 1. The number of hydrogen-bond donors (Lipinski definition) is 2. The molecule has 0 saturated carbocycles. The maximum absolute atomic E-state index is 12.9. The highest BCUT2D eigenvalue weighted by molar-refractivity contribution is 6.30. The van der Waals surface area contributed by atoms with Gasteiger partial charge in [-0.1, -0.05) is 32.4 Å². The third kappa shape index (κ3) is 4.50. The molecule has 2 aromatic heterocycles. The van der Waals surface area contributed by atoms with Gasteiger partial charge in [0.25, 0.3) is 5.56 Å². The molecule has 2 heterocycles. The standard InChI is InChI=1S/C25H27ClN4O2/c1-5-32-20-12-8-18(9-13-20)27-15-16-14-21-22(25(2,3)4)29-30(23(21)28-24(16)31)19-10-6-17(26)7-11-19/h6-14,27H,5,15H2,1-4H3,(H,28,31). The molecule has 4 rings (SSSR count). The van der Waals surface area contributed by atoms with Crippen molar-refractivity contribution < 1.29 is 4.74 Å². The molecule has 0 spiro atoms. The van der Waals surface area contributed by atoms with Crippen LogP contribution in [0.4, 0.5) is 5.69 Å². The van der Waals surface area contributed by atoms with Crippen LogP contribution in [0.5, 0.6) is 5.75 Å². The number of hydrogen-bond acceptors (Lipinski definition) is 4. The predicted molar refractivity (Wildman–Crippen MR) is 130 cm³/mol. The first-order valence-electron chi connectivity index (χ1n) is 10.6. The van der Waals surface area contributed by atoms with Crippen LogP contribution in [0.15, 0.2) is 59.4 Å². The van der Waals surface area contributed by atoms with Crippen LogP contribution in [0.1, 0.15) is 39.0 Å². The van der Waals surface area contributed by atoms with Crippen molar-refractivity contribution >= 4 is 28.3 Å². The zero-order valence-corrected chi connectivity index (χ0v) is 19.5. The Hall–Kier alpha value is -3.25. The SMILES string of the molecule is CCOc1ccc(NCc2cc3c(C(C)(C)C)nn(-c4ccc(Cl)cc4)c3[nH]c2=O)cc1. The molecule has 7 heteroatoms. The van der Waals surface area contributed by atoms with E-state index in [1.54, 1.807) is 4.68 Å². The molecule has 166 valence electrons. The predicted octanol–water partition coefficient (Wildman–Crippen LogP) is 5.68. The summed E-state index contributed by atoms with van der Waals surface area (Å²) in [7, 11) is 0.